The number of rotatable bonds is 6. The first-order valence-electron chi connectivity index (χ1n) is 10.0. The number of benzene rings is 2. The molecule has 170 valence electrons. The quantitative estimate of drug-likeness (QED) is 0.204. The average molecular weight is 529 g/mol. The van der Waals surface area contributed by atoms with E-state index in [1.165, 1.54) is 17.4 Å². The first-order chi connectivity index (χ1) is 16.3. The van der Waals surface area contributed by atoms with Gasteiger partial charge in [-0.2, -0.15) is 5.26 Å². The lowest BCUT2D eigenvalue weighted by atomic mass is 10.1. The number of nitrogens with one attached hydrogen (secondary N) is 1. The Kier molecular flexibility index (Phi) is 7.40. The van der Waals surface area contributed by atoms with Gasteiger partial charge in [-0.3, -0.25) is 10.1 Å². The van der Waals surface area contributed by atoms with Gasteiger partial charge >= 0.3 is 0 Å². The van der Waals surface area contributed by atoms with Crippen molar-refractivity contribution >= 4 is 63.3 Å². The van der Waals surface area contributed by atoms with Crippen molar-refractivity contribution in [2.75, 3.05) is 5.32 Å². The number of thiazole rings is 1. The van der Waals surface area contributed by atoms with Crippen molar-refractivity contribution in [1.29, 1.82) is 5.26 Å². The van der Waals surface area contributed by atoms with Gasteiger partial charge in [-0.05, 0) is 48.4 Å². The minimum absolute atomic E-state index is 0.125. The third-order valence-corrected chi connectivity index (χ3v) is 7.02. The maximum atomic E-state index is 12.6. The van der Waals surface area contributed by atoms with Gasteiger partial charge in [0.2, 0.25) is 0 Å². The number of nitrogens with zero attached hydrogens (tertiary/aromatic N) is 2. The highest BCUT2D eigenvalue weighted by Crippen LogP contribution is 2.34. The summed E-state index contributed by atoms with van der Waals surface area (Å²) < 4.78 is 5.75. The Morgan fingerprint density at radius 1 is 1.18 bits per heavy atom. The Morgan fingerprint density at radius 2 is 2.00 bits per heavy atom. The molecule has 0 atom stereocenters. The van der Waals surface area contributed by atoms with Crippen LogP contribution in [0, 0.1) is 18.3 Å². The van der Waals surface area contributed by atoms with Crippen molar-refractivity contribution < 1.29 is 9.21 Å². The van der Waals surface area contributed by atoms with Crippen LogP contribution in [-0.2, 0) is 11.2 Å². The molecule has 0 spiro atoms. The number of hydrogen-bond donors (Lipinski definition) is 1. The molecule has 1 amide bonds. The maximum absolute atomic E-state index is 12.6. The van der Waals surface area contributed by atoms with Crippen molar-refractivity contribution in [2.24, 2.45) is 0 Å². The first kappa shape index (κ1) is 24.1. The van der Waals surface area contributed by atoms with Crippen LogP contribution in [0.15, 0.2) is 64.7 Å². The van der Waals surface area contributed by atoms with E-state index in [1.54, 1.807) is 36.5 Å². The van der Waals surface area contributed by atoms with E-state index < -0.39 is 5.91 Å². The van der Waals surface area contributed by atoms with Gasteiger partial charge in [0.05, 0.1) is 10.0 Å². The fourth-order valence-electron chi connectivity index (χ4n) is 3.12. The van der Waals surface area contributed by atoms with Crippen LogP contribution in [0.3, 0.4) is 0 Å². The number of nitriles is 1. The minimum atomic E-state index is -0.583. The highest BCUT2D eigenvalue weighted by Gasteiger charge is 2.15. The van der Waals surface area contributed by atoms with Crippen LogP contribution in [0.25, 0.3) is 17.4 Å². The molecule has 0 bridgehead atoms. The second kappa shape index (κ2) is 10.5. The normalized spacial score (nSPS) is 11.3. The monoisotopic (exact) mass is 527 g/mol. The summed E-state index contributed by atoms with van der Waals surface area (Å²) in [6.07, 6.45) is 3.69. The van der Waals surface area contributed by atoms with Crippen LogP contribution in [-0.4, -0.2) is 10.9 Å². The van der Waals surface area contributed by atoms with Crippen LogP contribution < -0.4 is 5.32 Å². The third-order valence-electron chi connectivity index (χ3n) is 4.88. The number of furan rings is 1. The molecule has 0 unspecified atom stereocenters. The van der Waals surface area contributed by atoms with Gasteiger partial charge in [-0.1, -0.05) is 53.0 Å². The topological polar surface area (TPSA) is 78.9 Å². The Hall–Kier alpha value is -3.08. The summed E-state index contributed by atoms with van der Waals surface area (Å²) in [5, 5.41) is 14.0. The lowest BCUT2D eigenvalue weighted by Crippen LogP contribution is -2.13. The second-order valence-corrected chi connectivity index (χ2v) is 9.63. The number of carbonyl (C=O) groups is 1. The molecular formula is C25H16Cl3N3O2S. The van der Waals surface area contributed by atoms with E-state index in [-0.39, 0.29) is 5.57 Å². The molecule has 0 saturated heterocycles. The molecule has 0 aliphatic heterocycles. The van der Waals surface area contributed by atoms with Gasteiger partial charge in [0.25, 0.3) is 5.91 Å². The van der Waals surface area contributed by atoms with Crippen molar-refractivity contribution in [1.82, 2.24) is 4.98 Å². The van der Waals surface area contributed by atoms with Gasteiger partial charge in [0, 0.05) is 34.2 Å². The molecule has 2 heterocycles. The van der Waals surface area contributed by atoms with E-state index in [9.17, 15) is 10.1 Å². The molecule has 9 heteroatoms. The molecule has 0 aliphatic rings. The lowest BCUT2D eigenvalue weighted by molar-refractivity contribution is -0.112. The predicted octanol–water partition coefficient (Wildman–Crippen LogP) is 7.81. The van der Waals surface area contributed by atoms with Crippen LogP contribution in [0.5, 0.6) is 0 Å². The van der Waals surface area contributed by atoms with Crippen LogP contribution in [0.1, 0.15) is 21.8 Å². The number of amides is 1. The zero-order chi connectivity index (χ0) is 24.2. The molecule has 0 fully saturated rings. The van der Waals surface area contributed by atoms with Gasteiger partial charge in [-0.15, -0.1) is 11.3 Å². The van der Waals surface area contributed by atoms with Crippen molar-refractivity contribution in [3.63, 3.8) is 0 Å². The van der Waals surface area contributed by atoms with E-state index in [0.29, 0.717) is 43.7 Å². The van der Waals surface area contributed by atoms with Gasteiger partial charge < -0.3 is 4.42 Å². The summed E-state index contributed by atoms with van der Waals surface area (Å²) in [7, 11) is 0. The summed E-state index contributed by atoms with van der Waals surface area (Å²) in [6.45, 7) is 1.95. The molecule has 0 aliphatic carbocycles. The number of hydrogen-bond acceptors (Lipinski definition) is 5. The van der Waals surface area contributed by atoms with Crippen LogP contribution in [0.2, 0.25) is 15.1 Å². The Labute approximate surface area is 215 Å². The van der Waals surface area contributed by atoms with E-state index in [2.05, 4.69) is 10.3 Å². The van der Waals surface area contributed by atoms with E-state index in [4.69, 9.17) is 39.2 Å². The summed E-state index contributed by atoms with van der Waals surface area (Å²) in [5.74, 6) is 0.214. The zero-order valence-corrected chi connectivity index (χ0v) is 20.8. The van der Waals surface area contributed by atoms with E-state index >= 15 is 0 Å². The smallest absolute Gasteiger partial charge is 0.268 e. The number of halogens is 3. The first-order valence-corrected chi connectivity index (χ1v) is 12.0. The van der Waals surface area contributed by atoms with E-state index in [0.717, 1.165) is 16.0 Å². The molecule has 2 aromatic carbocycles. The molecule has 0 radical (unpaired) electrons. The molecule has 4 aromatic rings. The minimum Gasteiger partial charge on any atom is -0.457 e. The second-order valence-electron chi connectivity index (χ2n) is 7.32. The molecular weight excluding hydrogens is 513 g/mol. The van der Waals surface area contributed by atoms with Gasteiger partial charge in [-0.25, -0.2) is 4.98 Å². The fourth-order valence-corrected chi connectivity index (χ4v) is 4.56. The van der Waals surface area contributed by atoms with Crippen LogP contribution >= 0.6 is 46.1 Å². The van der Waals surface area contributed by atoms with Crippen molar-refractivity contribution in [2.45, 2.75) is 13.3 Å². The summed E-state index contributed by atoms with van der Waals surface area (Å²) in [4.78, 5) is 17.8. The largest absolute Gasteiger partial charge is 0.457 e. The number of aromatic nitrogens is 1. The highest BCUT2D eigenvalue weighted by molar-refractivity contribution is 7.15. The maximum Gasteiger partial charge on any atom is 0.268 e. The zero-order valence-electron chi connectivity index (χ0n) is 17.7. The fraction of sp³-hybridized carbons (Fsp3) is 0.0800. The Bertz CT molecular complexity index is 1450. The number of carbonyl (C=O) groups excluding carboxylic acids is 1. The lowest BCUT2D eigenvalue weighted by Gasteiger charge is -2.02. The summed E-state index contributed by atoms with van der Waals surface area (Å²) >= 11 is 19.8. The summed E-state index contributed by atoms with van der Waals surface area (Å²) in [6, 6.07) is 16.3. The van der Waals surface area contributed by atoms with E-state index in [1.807, 2.05) is 31.2 Å². The third kappa shape index (κ3) is 5.52. The molecule has 5 nitrogen and oxygen atoms in total. The van der Waals surface area contributed by atoms with Gasteiger partial charge in [0.1, 0.15) is 23.2 Å². The SMILES string of the molecule is Cc1ccc(Cc2cnc(NC(=O)/C(C#N)=C/c3ccc(-c4cccc(Cl)c4Cl)o3)s2)cc1Cl. The Balaban J connectivity index is 1.46. The van der Waals surface area contributed by atoms with Crippen molar-refractivity contribution in [3.05, 3.63) is 97.1 Å². The molecule has 2 aromatic heterocycles. The average Bonchev–Trinajstić information content (AvgIpc) is 3.46. The Morgan fingerprint density at radius 3 is 2.76 bits per heavy atom. The van der Waals surface area contributed by atoms with Crippen LogP contribution in [0.4, 0.5) is 5.13 Å². The standard InChI is InChI=1S/C25H16Cl3N3O2S/c1-14-5-6-15(10-21(14)27)9-18-13-30-25(34-18)31-24(32)16(12-29)11-17-7-8-22(33-17)19-3-2-4-20(26)23(19)28/h2-8,10-11,13H,9H2,1H3,(H,30,31,32)/b16-11+. The molecule has 34 heavy (non-hydrogen) atoms. The predicted molar refractivity (Wildman–Crippen MR) is 137 cm³/mol. The summed E-state index contributed by atoms with van der Waals surface area (Å²) in [5.41, 5.74) is 2.54. The molecule has 4 rings (SSSR count). The molecule has 1 N–H and O–H groups in total. The number of anilines is 1. The molecule has 0 saturated carbocycles. The van der Waals surface area contributed by atoms with Gasteiger partial charge in [0.15, 0.2) is 5.13 Å². The number of aryl methyl sites for hydroxylation is 1. The van der Waals surface area contributed by atoms with Crippen molar-refractivity contribution in [3.8, 4) is 17.4 Å². The highest BCUT2D eigenvalue weighted by atomic mass is 35.5.